The van der Waals surface area contributed by atoms with Gasteiger partial charge in [-0.1, -0.05) is 40.2 Å². The van der Waals surface area contributed by atoms with Crippen LogP contribution in [-0.4, -0.2) is 0 Å². The molecule has 0 bridgehead atoms. The molecule has 2 rings (SSSR count). The highest BCUT2D eigenvalue weighted by atomic mass is 79.9. The molecule has 2 aromatic rings. The molecule has 0 aromatic heterocycles. The molecule has 0 aliphatic carbocycles. The van der Waals surface area contributed by atoms with Crippen LogP contribution in [0.1, 0.15) is 29.7 Å². The van der Waals surface area contributed by atoms with Crippen molar-refractivity contribution < 1.29 is 0 Å². The molecule has 0 fully saturated rings. The first-order chi connectivity index (χ1) is 8.56. The zero-order valence-corrected chi connectivity index (χ0v) is 12.6. The van der Waals surface area contributed by atoms with E-state index in [4.69, 9.17) is 0 Å². The van der Waals surface area contributed by atoms with E-state index >= 15 is 0 Å². The van der Waals surface area contributed by atoms with Crippen molar-refractivity contribution in [3.63, 3.8) is 0 Å². The number of hydrogen-bond donors (Lipinski definition) is 1. The van der Waals surface area contributed by atoms with Gasteiger partial charge in [-0.15, -0.1) is 0 Å². The summed E-state index contributed by atoms with van der Waals surface area (Å²) in [5.41, 5.74) is 5.06. The molecule has 1 nitrogen and oxygen atoms in total. The maximum atomic E-state index is 3.57. The molecule has 1 unspecified atom stereocenters. The summed E-state index contributed by atoms with van der Waals surface area (Å²) in [6, 6.07) is 15.2. The van der Waals surface area contributed by atoms with E-state index in [-0.39, 0.29) is 0 Å². The predicted molar refractivity (Wildman–Crippen MR) is 82.1 cm³/mol. The number of benzene rings is 2. The molecular weight excluding hydrogens is 286 g/mol. The van der Waals surface area contributed by atoms with Crippen molar-refractivity contribution in [2.75, 3.05) is 5.32 Å². The number of hydrogen-bond acceptors (Lipinski definition) is 1. The molecular formula is C16H18BrN. The molecule has 0 saturated carbocycles. The van der Waals surface area contributed by atoms with Crippen molar-refractivity contribution in [2.24, 2.45) is 0 Å². The molecule has 18 heavy (non-hydrogen) atoms. The van der Waals surface area contributed by atoms with Crippen LogP contribution in [-0.2, 0) is 0 Å². The van der Waals surface area contributed by atoms with Crippen molar-refractivity contribution in [2.45, 2.75) is 26.8 Å². The monoisotopic (exact) mass is 303 g/mol. The van der Waals surface area contributed by atoms with Gasteiger partial charge in [0.05, 0.1) is 0 Å². The lowest BCUT2D eigenvalue weighted by Crippen LogP contribution is -2.07. The molecule has 0 radical (unpaired) electrons. The van der Waals surface area contributed by atoms with Gasteiger partial charge in [0.2, 0.25) is 0 Å². The maximum Gasteiger partial charge on any atom is 0.0486 e. The lowest BCUT2D eigenvalue weighted by molar-refractivity contribution is 0.881. The van der Waals surface area contributed by atoms with E-state index in [0.717, 1.165) is 4.47 Å². The van der Waals surface area contributed by atoms with Crippen LogP contribution in [0.25, 0.3) is 0 Å². The van der Waals surface area contributed by atoms with Crippen molar-refractivity contribution >= 4 is 21.6 Å². The van der Waals surface area contributed by atoms with E-state index in [9.17, 15) is 0 Å². The van der Waals surface area contributed by atoms with Gasteiger partial charge in [0, 0.05) is 16.2 Å². The Morgan fingerprint density at radius 3 is 2.56 bits per heavy atom. The third-order valence-electron chi connectivity index (χ3n) is 3.11. The Morgan fingerprint density at radius 1 is 1.06 bits per heavy atom. The summed E-state index contributed by atoms with van der Waals surface area (Å²) in [4.78, 5) is 0. The van der Waals surface area contributed by atoms with Crippen LogP contribution in [0.3, 0.4) is 0 Å². The van der Waals surface area contributed by atoms with E-state index < -0.39 is 0 Å². The SMILES string of the molecule is Cc1ccc(C)c(NC(C)c2cccc(Br)c2)c1. The zero-order chi connectivity index (χ0) is 13.1. The Kier molecular flexibility index (Phi) is 4.07. The molecule has 0 saturated heterocycles. The van der Waals surface area contributed by atoms with Crippen molar-refractivity contribution in [1.82, 2.24) is 0 Å². The lowest BCUT2D eigenvalue weighted by atomic mass is 10.1. The first kappa shape index (κ1) is 13.2. The van der Waals surface area contributed by atoms with E-state index in [1.807, 2.05) is 6.07 Å². The molecule has 1 N–H and O–H groups in total. The second-order valence-electron chi connectivity index (χ2n) is 4.74. The lowest BCUT2D eigenvalue weighted by Gasteiger charge is -2.18. The highest BCUT2D eigenvalue weighted by Gasteiger charge is 2.07. The minimum absolute atomic E-state index is 0.294. The third kappa shape index (κ3) is 3.14. The molecule has 94 valence electrons. The predicted octanol–water partition coefficient (Wildman–Crippen LogP) is 5.24. The van der Waals surface area contributed by atoms with Crippen molar-refractivity contribution in [3.8, 4) is 0 Å². The van der Waals surface area contributed by atoms with Gasteiger partial charge in [0.1, 0.15) is 0 Å². The summed E-state index contributed by atoms with van der Waals surface area (Å²) in [5.74, 6) is 0. The standard InChI is InChI=1S/C16H18BrN/c1-11-7-8-12(2)16(9-11)18-13(3)14-5-4-6-15(17)10-14/h4-10,13,18H,1-3H3. The molecule has 0 heterocycles. The maximum absolute atomic E-state index is 3.57. The fourth-order valence-electron chi connectivity index (χ4n) is 1.98. The Balaban J connectivity index is 2.21. The van der Waals surface area contributed by atoms with Gasteiger partial charge < -0.3 is 5.32 Å². The van der Waals surface area contributed by atoms with Gasteiger partial charge in [0.15, 0.2) is 0 Å². The summed E-state index contributed by atoms with van der Waals surface area (Å²) < 4.78 is 1.12. The van der Waals surface area contributed by atoms with Gasteiger partial charge >= 0.3 is 0 Å². The molecule has 0 amide bonds. The summed E-state index contributed by atoms with van der Waals surface area (Å²) in [6.07, 6.45) is 0. The van der Waals surface area contributed by atoms with Crippen LogP contribution in [0.5, 0.6) is 0 Å². The molecule has 2 heteroatoms. The first-order valence-electron chi connectivity index (χ1n) is 6.15. The number of aryl methyl sites for hydroxylation is 2. The summed E-state index contributed by atoms with van der Waals surface area (Å²) in [5, 5.41) is 3.57. The quantitative estimate of drug-likeness (QED) is 0.817. The number of halogens is 1. The average molecular weight is 304 g/mol. The minimum atomic E-state index is 0.294. The van der Waals surface area contributed by atoms with Gasteiger partial charge in [0.25, 0.3) is 0 Å². The summed E-state index contributed by atoms with van der Waals surface area (Å²) in [7, 11) is 0. The fourth-order valence-corrected chi connectivity index (χ4v) is 2.40. The first-order valence-corrected chi connectivity index (χ1v) is 6.95. The van der Waals surface area contributed by atoms with Gasteiger partial charge in [-0.25, -0.2) is 0 Å². The van der Waals surface area contributed by atoms with Gasteiger partial charge in [-0.3, -0.25) is 0 Å². The van der Waals surface area contributed by atoms with Crippen LogP contribution in [0.4, 0.5) is 5.69 Å². The summed E-state index contributed by atoms with van der Waals surface area (Å²) >= 11 is 3.51. The summed E-state index contributed by atoms with van der Waals surface area (Å²) in [6.45, 7) is 6.44. The average Bonchev–Trinajstić information content (AvgIpc) is 2.34. The minimum Gasteiger partial charge on any atom is -0.378 e. The fraction of sp³-hybridized carbons (Fsp3) is 0.250. The second-order valence-corrected chi connectivity index (χ2v) is 5.66. The largest absolute Gasteiger partial charge is 0.378 e. The smallest absolute Gasteiger partial charge is 0.0486 e. The van der Waals surface area contributed by atoms with E-state index in [1.165, 1.54) is 22.4 Å². The Hall–Kier alpha value is -1.28. The number of nitrogens with one attached hydrogen (secondary N) is 1. The molecule has 0 aliphatic rings. The van der Waals surface area contributed by atoms with Crippen LogP contribution in [0, 0.1) is 13.8 Å². The van der Waals surface area contributed by atoms with Crippen LogP contribution in [0.2, 0.25) is 0 Å². The molecule has 0 aliphatic heterocycles. The highest BCUT2D eigenvalue weighted by Crippen LogP contribution is 2.24. The Labute approximate surface area is 117 Å². The third-order valence-corrected chi connectivity index (χ3v) is 3.61. The van der Waals surface area contributed by atoms with E-state index in [0.29, 0.717) is 6.04 Å². The molecule has 2 aromatic carbocycles. The number of rotatable bonds is 3. The highest BCUT2D eigenvalue weighted by molar-refractivity contribution is 9.10. The Morgan fingerprint density at radius 2 is 1.83 bits per heavy atom. The molecule has 0 spiro atoms. The van der Waals surface area contributed by atoms with Crippen molar-refractivity contribution in [3.05, 3.63) is 63.6 Å². The van der Waals surface area contributed by atoms with Crippen LogP contribution < -0.4 is 5.32 Å². The van der Waals surface area contributed by atoms with E-state index in [1.54, 1.807) is 0 Å². The second kappa shape index (κ2) is 5.57. The zero-order valence-electron chi connectivity index (χ0n) is 11.0. The van der Waals surface area contributed by atoms with E-state index in [2.05, 4.69) is 78.4 Å². The van der Waals surface area contributed by atoms with Crippen molar-refractivity contribution in [1.29, 1.82) is 0 Å². The topological polar surface area (TPSA) is 12.0 Å². The Bertz CT molecular complexity index is 549. The van der Waals surface area contributed by atoms with Gasteiger partial charge in [-0.2, -0.15) is 0 Å². The van der Waals surface area contributed by atoms with Crippen LogP contribution in [0.15, 0.2) is 46.9 Å². The normalized spacial score (nSPS) is 12.2. The number of anilines is 1. The van der Waals surface area contributed by atoms with Crippen LogP contribution >= 0.6 is 15.9 Å². The van der Waals surface area contributed by atoms with Gasteiger partial charge in [-0.05, 0) is 55.7 Å². The molecule has 1 atom stereocenters.